The van der Waals surface area contributed by atoms with E-state index < -0.39 is 0 Å². The van der Waals surface area contributed by atoms with Crippen LogP contribution < -0.4 is 10.5 Å². The summed E-state index contributed by atoms with van der Waals surface area (Å²) in [5, 5.41) is 0. The lowest BCUT2D eigenvalue weighted by molar-refractivity contribution is 0.357. The molecule has 3 rings (SSSR count). The van der Waals surface area contributed by atoms with Gasteiger partial charge in [-0.15, -0.1) is 0 Å². The van der Waals surface area contributed by atoms with Gasteiger partial charge in [0, 0.05) is 16.9 Å². The molecule has 0 spiro atoms. The van der Waals surface area contributed by atoms with Crippen molar-refractivity contribution in [2.75, 3.05) is 6.61 Å². The van der Waals surface area contributed by atoms with E-state index in [4.69, 9.17) is 10.5 Å². The minimum atomic E-state index is 0.198. The molecule has 1 aliphatic heterocycles. The number of ether oxygens (including phenoxy) is 1. The molecule has 1 unspecified atom stereocenters. The lowest BCUT2D eigenvalue weighted by Gasteiger charge is -2.12. The number of benzene rings is 2. The third-order valence-electron chi connectivity index (χ3n) is 3.94. The second-order valence-corrected chi connectivity index (χ2v) is 6.59. The van der Waals surface area contributed by atoms with Crippen LogP contribution in [-0.4, -0.2) is 12.6 Å². The molecule has 2 nitrogen and oxygen atoms in total. The Bertz CT molecular complexity index is 626. The molecule has 0 saturated carbocycles. The highest BCUT2D eigenvalue weighted by atomic mass is 79.9. The minimum Gasteiger partial charge on any atom is -0.493 e. The van der Waals surface area contributed by atoms with Gasteiger partial charge in [-0.05, 0) is 54.2 Å². The first-order chi connectivity index (χ1) is 10.2. The van der Waals surface area contributed by atoms with Gasteiger partial charge in [-0.3, -0.25) is 0 Å². The van der Waals surface area contributed by atoms with Crippen LogP contribution in [0, 0.1) is 0 Å². The maximum atomic E-state index is 6.28. The summed E-state index contributed by atoms with van der Waals surface area (Å²) in [5.74, 6) is 1.05. The van der Waals surface area contributed by atoms with Gasteiger partial charge in [0.2, 0.25) is 0 Å². The fourth-order valence-corrected chi connectivity index (χ4v) is 3.26. The molecule has 2 aromatic carbocycles. The number of hydrogen-bond donors (Lipinski definition) is 1. The molecule has 0 saturated heterocycles. The topological polar surface area (TPSA) is 35.2 Å². The zero-order chi connectivity index (χ0) is 14.7. The van der Waals surface area contributed by atoms with Gasteiger partial charge < -0.3 is 10.5 Å². The number of fused-ring (bicyclic) bond motifs is 1. The van der Waals surface area contributed by atoms with Crippen LogP contribution in [-0.2, 0) is 19.3 Å². The second-order valence-electron chi connectivity index (χ2n) is 5.67. The van der Waals surface area contributed by atoms with Crippen LogP contribution in [0.4, 0.5) is 0 Å². The summed E-state index contributed by atoms with van der Waals surface area (Å²) in [6, 6.07) is 15.1. The van der Waals surface area contributed by atoms with Crippen molar-refractivity contribution in [3.05, 3.63) is 63.6 Å². The Labute approximate surface area is 134 Å². The van der Waals surface area contributed by atoms with E-state index >= 15 is 0 Å². The van der Waals surface area contributed by atoms with Gasteiger partial charge in [0.1, 0.15) is 5.75 Å². The van der Waals surface area contributed by atoms with Crippen molar-refractivity contribution >= 4 is 15.9 Å². The van der Waals surface area contributed by atoms with E-state index in [2.05, 4.69) is 52.3 Å². The van der Waals surface area contributed by atoms with E-state index in [1.54, 1.807) is 0 Å². The summed E-state index contributed by atoms with van der Waals surface area (Å²) < 4.78 is 6.66. The minimum absolute atomic E-state index is 0.198. The van der Waals surface area contributed by atoms with E-state index in [0.717, 1.165) is 42.5 Å². The van der Waals surface area contributed by atoms with Crippen LogP contribution in [0.3, 0.4) is 0 Å². The molecule has 2 aromatic rings. The van der Waals surface area contributed by atoms with Crippen LogP contribution in [0.15, 0.2) is 46.9 Å². The zero-order valence-electron chi connectivity index (χ0n) is 12.0. The predicted molar refractivity (Wildman–Crippen MR) is 89.8 cm³/mol. The lowest BCUT2D eigenvalue weighted by Crippen LogP contribution is -2.23. The van der Waals surface area contributed by atoms with Crippen LogP contribution in [0.2, 0.25) is 0 Å². The molecule has 2 N–H and O–H groups in total. The maximum absolute atomic E-state index is 6.28. The van der Waals surface area contributed by atoms with Crippen molar-refractivity contribution < 1.29 is 4.74 Å². The maximum Gasteiger partial charge on any atom is 0.122 e. The summed E-state index contributed by atoms with van der Waals surface area (Å²) in [6.07, 6.45) is 4.00. The number of aryl methyl sites for hydroxylation is 1. The molecule has 0 bridgehead atoms. The molecular formula is C18H20BrNO. The molecule has 1 aliphatic rings. The third-order valence-corrected chi connectivity index (χ3v) is 4.44. The molecule has 21 heavy (non-hydrogen) atoms. The first-order valence-electron chi connectivity index (χ1n) is 7.45. The highest BCUT2D eigenvalue weighted by Gasteiger charge is 2.12. The Hall–Kier alpha value is -1.32. The number of hydrogen-bond acceptors (Lipinski definition) is 2. The zero-order valence-corrected chi connectivity index (χ0v) is 13.6. The first kappa shape index (κ1) is 14.6. The average Bonchev–Trinajstić information content (AvgIpc) is 2.92. The van der Waals surface area contributed by atoms with Crippen molar-refractivity contribution in [1.82, 2.24) is 0 Å². The highest BCUT2D eigenvalue weighted by molar-refractivity contribution is 9.10. The Morgan fingerprint density at radius 2 is 2.05 bits per heavy atom. The predicted octanol–water partition coefficient (Wildman–Crippen LogP) is 3.89. The fraction of sp³-hybridized carbons (Fsp3) is 0.333. The van der Waals surface area contributed by atoms with Crippen molar-refractivity contribution in [1.29, 1.82) is 0 Å². The monoisotopic (exact) mass is 345 g/mol. The van der Waals surface area contributed by atoms with Gasteiger partial charge in [0.05, 0.1) is 6.61 Å². The van der Waals surface area contributed by atoms with E-state index in [-0.39, 0.29) is 6.04 Å². The molecule has 1 heterocycles. The molecule has 1 atom stereocenters. The van der Waals surface area contributed by atoms with Crippen LogP contribution in [0.25, 0.3) is 0 Å². The summed E-state index contributed by atoms with van der Waals surface area (Å²) in [7, 11) is 0. The standard InChI is InChI=1S/C18H20BrNO/c19-16-3-1-2-14(11-16)12-17(20)6-4-13-5-7-18-15(10-13)8-9-21-18/h1-3,5,7,10-11,17H,4,6,8-9,12,20H2. The Kier molecular flexibility index (Phi) is 4.61. The van der Waals surface area contributed by atoms with Crippen molar-refractivity contribution in [2.45, 2.75) is 31.7 Å². The van der Waals surface area contributed by atoms with Crippen molar-refractivity contribution in [3.8, 4) is 5.75 Å². The first-order valence-corrected chi connectivity index (χ1v) is 8.24. The number of rotatable bonds is 5. The van der Waals surface area contributed by atoms with Crippen LogP contribution >= 0.6 is 15.9 Å². The smallest absolute Gasteiger partial charge is 0.122 e. The summed E-state index contributed by atoms with van der Waals surface area (Å²) in [6.45, 7) is 0.821. The van der Waals surface area contributed by atoms with Crippen molar-refractivity contribution in [3.63, 3.8) is 0 Å². The average molecular weight is 346 g/mol. The van der Waals surface area contributed by atoms with Gasteiger partial charge >= 0.3 is 0 Å². The highest BCUT2D eigenvalue weighted by Crippen LogP contribution is 2.26. The quantitative estimate of drug-likeness (QED) is 0.892. The number of halogens is 1. The lowest BCUT2D eigenvalue weighted by atomic mass is 9.98. The third kappa shape index (κ3) is 3.86. The van der Waals surface area contributed by atoms with Gasteiger partial charge in [-0.25, -0.2) is 0 Å². The Morgan fingerprint density at radius 1 is 1.14 bits per heavy atom. The van der Waals surface area contributed by atoms with Gasteiger partial charge in [-0.2, -0.15) is 0 Å². The number of nitrogens with two attached hydrogens (primary N) is 1. The largest absolute Gasteiger partial charge is 0.493 e. The van der Waals surface area contributed by atoms with Crippen molar-refractivity contribution in [2.24, 2.45) is 5.73 Å². The Morgan fingerprint density at radius 3 is 2.90 bits per heavy atom. The SMILES string of the molecule is NC(CCc1ccc2c(c1)CCO2)Cc1cccc(Br)c1. The van der Waals surface area contributed by atoms with E-state index in [1.165, 1.54) is 16.7 Å². The molecule has 0 aromatic heterocycles. The van der Waals surface area contributed by atoms with Gasteiger partial charge in [0.25, 0.3) is 0 Å². The van der Waals surface area contributed by atoms with E-state index in [9.17, 15) is 0 Å². The Balaban J connectivity index is 1.55. The molecule has 0 radical (unpaired) electrons. The van der Waals surface area contributed by atoms with Crippen LogP contribution in [0.5, 0.6) is 5.75 Å². The van der Waals surface area contributed by atoms with Crippen LogP contribution in [0.1, 0.15) is 23.1 Å². The summed E-state index contributed by atoms with van der Waals surface area (Å²) >= 11 is 3.50. The molecule has 0 aliphatic carbocycles. The molecule has 0 fully saturated rings. The molecular weight excluding hydrogens is 326 g/mol. The van der Waals surface area contributed by atoms with Gasteiger partial charge in [0.15, 0.2) is 0 Å². The van der Waals surface area contributed by atoms with Gasteiger partial charge in [-0.1, -0.05) is 40.2 Å². The van der Waals surface area contributed by atoms with E-state index in [1.807, 2.05) is 6.07 Å². The summed E-state index contributed by atoms with van der Waals surface area (Å²) in [5.41, 5.74) is 10.3. The normalized spacial score (nSPS) is 14.6. The molecule has 110 valence electrons. The fourth-order valence-electron chi connectivity index (χ4n) is 2.82. The molecule has 0 amide bonds. The second kappa shape index (κ2) is 6.63. The molecule has 3 heteroatoms. The summed E-state index contributed by atoms with van der Waals surface area (Å²) in [4.78, 5) is 0. The van der Waals surface area contributed by atoms with E-state index in [0.29, 0.717) is 0 Å².